The van der Waals surface area contributed by atoms with Gasteiger partial charge in [-0.25, -0.2) is 0 Å². The van der Waals surface area contributed by atoms with Gasteiger partial charge in [0.15, 0.2) is 0 Å². The molecule has 0 aromatic rings. The van der Waals surface area contributed by atoms with E-state index >= 15 is 0 Å². The average Bonchev–Trinajstić information content (AvgIpc) is 2.35. The van der Waals surface area contributed by atoms with Crippen molar-refractivity contribution in [2.45, 2.75) is 63.5 Å². The van der Waals surface area contributed by atoms with Gasteiger partial charge in [0.25, 0.3) is 0 Å². The molecule has 106 valence electrons. The fourth-order valence-corrected chi connectivity index (χ4v) is 3.42. The largest absolute Gasteiger partial charge is 0.381 e. The SMILES string of the molecule is CCNC(CC1CCOCC1)CC1(OC)CCC1. The normalized spacial score (nSPS) is 25.7. The van der Waals surface area contributed by atoms with Crippen LogP contribution in [-0.2, 0) is 9.47 Å². The Kier molecular flexibility index (Phi) is 5.46. The Balaban J connectivity index is 1.82. The maximum Gasteiger partial charge on any atom is 0.0693 e. The topological polar surface area (TPSA) is 30.5 Å². The summed E-state index contributed by atoms with van der Waals surface area (Å²) in [5.41, 5.74) is 0.192. The van der Waals surface area contributed by atoms with Gasteiger partial charge in [-0.15, -0.1) is 0 Å². The van der Waals surface area contributed by atoms with Crippen LogP contribution in [0.3, 0.4) is 0 Å². The lowest BCUT2D eigenvalue weighted by Crippen LogP contribution is -2.46. The van der Waals surface area contributed by atoms with Crippen LogP contribution >= 0.6 is 0 Å². The van der Waals surface area contributed by atoms with Crippen LogP contribution in [0, 0.1) is 5.92 Å². The third kappa shape index (κ3) is 3.69. The molecule has 2 fully saturated rings. The van der Waals surface area contributed by atoms with Crippen molar-refractivity contribution in [2.75, 3.05) is 26.9 Å². The van der Waals surface area contributed by atoms with E-state index < -0.39 is 0 Å². The van der Waals surface area contributed by atoms with Gasteiger partial charge in [-0.2, -0.15) is 0 Å². The van der Waals surface area contributed by atoms with E-state index in [4.69, 9.17) is 9.47 Å². The number of nitrogens with one attached hydrogen (secondary N) is 1. The molecule has 1 N–H and O–H groups in total. The van der Waals surface area contributed by atoms with Crippen molar-refractivity contribution in [1.82, 2.24) is 5.32 Å². The Morgan fingerprint density at radius 3 is 2.56 bits per heavy atom. The lowest BCUT2D eigenvalue weighted by atomic mass is 9.74. The molecular formula is C15H29NO2. The molecule has 2 rings (SSSR count). The molecule has 0 amide bonds. The van der Waals surface area contributed by atoms with Crippen LogP contribution < -0.4 is 5.32 Å². The summed E-state index contributed by atoms with van der Waals surface area (Å²) in [4.78, 5) is 0. The van der Waals surface area contributed by atoms with Gasteiger partial charge in [-0.3, -0.25) is 0 Å². The summed E-state index contributed by atoms with van der Waals surface area (Å²) in [6.45, 7) is 5.18. The number of ether oxygens (including phenoxy) is 2. The maximum absolute atomic E-state index is 5.78. The number of hydrogen-bond acceptors (Lipinski definition) is 3. The van der Waals surface area contributed by atoms with Gasteiger partial charge >= 0.3 is 0 Å². The second-order valence-corrected chi connectivity index (χ2v) is 5.99. The van der Waals surface area contributed by atoms with Crippen LogP contribution in [0.4, 0.5) is 0 Å². The van der Waals surface area contributed by atoms with Crippen LogP contribution in [0.15, 0.2) is 0 Å². The highest BCUT2D eigenvalue weighted by Gasteiger charge is 2.39. The van der Waals surface area contributed by atoms with Gasteiger partial charge in [-0.05, 0) is 57.4 Å². The number of methoxy groups -OCH3 is 1. The molecule has 0 aromatic heterocycles. The van der Waals surface area contributed by atoms with Crippen LogP contribution in [0.5, 0.6) is 0 Å². The van der Waals surface area contributed by atoms with Crippen molar-refractivity contribution in [1.29, 1.82) is 0 Å². The first-order valence-electron chi connectivity index (χ1n) is 7.64. The predicted molar refractivity (Wildman–Crippen MR) is 73.8 cm³/mol. The van der Waals surface area contributed by atoms with Crippen LogP contribution in [-0.4, -0.2) is 38.5 Å². The first-order chi connectivity index (χ1) is 8.78. The second-order valence-electron chi connectivity index (χ2n) is 5.99. The molecule has 1 unspecified atom stereocenters. The first-order valence-corrected chi connectivity index (χ1v) is 7.64. The summed E-state index contributed by atoms with van der Waals surface area (Å²) in [6.07, 6.45) is 8.79. The predicted octanol–water partition coefficient (Wildman–Crippen LogP) is 2.74. The summed E-state index contributed by atoms with van der Waals surface area (Å²) < 4.78 is 11.2. The van der Waals surface area contributed by atoms with E-state index in [1.165, 1.54) is 44.9 Å². The van der Waals surface area contributed by atoms with E-state index in [0.717, 1.165) is 25.7 Å². The van der Waals surface area contributed by atoms with Crippen LogP contribution in [0.1, 0.15) is 51.9 Å². The summed E-state index contributed by atoms with van der Waals surface area (Å²) in [7, 11) is 1.89. The highest BCUT2D eigenvalue weighted by Crippen LogP contribution is 2.40. The van der Waals surface area contributed by atoms with Gasteiger partial charge in [0.05, 0.1) is 5.60 Å². The minimum atomic E-state index is 0.192. The van der Waals surface area contributed by atoms with Gasteiger partial charge in [0.1, 0.15) is 0 Å². The smallest absolute Gasteiger partial charge is 0.0693 e. The fraction of sp³-hybridized carbons (Fsp3) is 1.00. The highest BCUT2D eigenvalue weighted by atomic mass is 16.5. The molecule has 1 saturated carbocycles. The minimum Gasteiger partial charge on any atom is -0.381 e. The molecule has 2 aliphatic rings. The molecule has 0 bridgehead atoms. The van der Waals surface area contributed by atoms with Crippen molar-refractivity contribution in [3.05, 3.63) is 0 Å². The molecule has 1 atom stereocenters. The Morgan fingerprint density at radius 1 is 1.33 bits per heavy atom. The lowest BCUT2D eigenvalue weighted by Gasteiger charge is -2.43. The highest BCUT2D eigenvalue weighted by molar-refractivity contribution is 4.93. The van der Waals surface area contributed by atoms with Gasteiger partial charge in [0, 0.05) is 26.4 Å². The standard InChI is InChI=1S/C15H29NO2/c1-3-16-14(11-13-5-9-18-10-6-13)12-15(17-2)7-4-8-15/h13-14,16H,3-12H2,1-2H3. The van der Waals surface area contributed by atoms with Crippen LogP contribution in [0.2, 0.25) is 0 Å². The first kappa shape index (κ1) is 14.3. The van der Waals surface area contributed by atoms with Crippen molar-refractivity contribution in [3.63, 3.8) is 0 Å². The van der Waals surface area contributed by atoms with E-state index in [9.17, 15) is 0 Å². The summed E-state index contributed by atoms with van der Waals surface area (Å²) in [6, 6.07) is 0.623. The van der Waals surface area contributed by atoms with E-state index in [2.05, 4.69) is 12.2 Å². The van der Waals surface area contributed by atoms with E-state index in [1.807, 2.05) is 7.11 Å². The third-order valence-corrected chi connectivity index (χ3v) is 4.77. The Bertz CT molecular complexity index is 229. The molecule has 0 spiro atoms. The van der Waals surface area contributed by atoms with Crippen molar-refractivity contribution >= 4 is 0 Å². The van der Waals surface area contributed by atoms with Crippen molar-refractivity contribution in [3.8, 4) is 0 Å². The molecule has 1 aliphatic heterocycles. The van der Waals surface area contributed by atoms with E-state index in [-0.39, 0.29) is 5.60 Å². The Labute approximate surface area is 112 Å². The maximum atomic E-state index is 5.78. The molecule has 18 heavy (non-hydrogen) atoms. The summed E-state index contributed by atoms with van der Waals surface area (Å²) in [5.74, 6) is 0.844. The second kappa shape index (κ2) is 6.88. The van der Waals surface area contributed by atoms with Gasteiger partial charge in [-0.1, -0.05) is 6.92 Å². The molecule has 3 nitrogen and oxygen atoms in total. The zero-order valence-corrected chi connectivity index (χ0v) is 12.0. The number of rotatable bonds is 7. The molecule has 1 saturated heterocycles. The summed E-state index contributed by atoms with van der Waals surface area (Å²) in [5, 5.41) is 3.67. The quantitative estimate of drug-likeness (QED) is 0.759. The third-order valence-electron chi connectivity index (χ3n) is 4.77. The minimum absolute atomic E-state index is 0.192. The number of hydrogen-bond donors (Lipinski definition) is 1. The van der Waals surface area contributed by atoms with Crippen molar-refractivity contribution < 1.29 is 9.47 Å². The van der Waals surface area contributed by atoms with Gasteiger partial charge < -0.3 is 14.8 Å². The lowest BCUT2D eigenvalue weighted by molar-refractivity contribution is -0.0852. The zero-order valence-electron chi connectivity index (χ0n) is 12.0. The molecule has 0 aromatic carbocycles. The molecule has 1 heterocycles. The molecule has 0 radical (unpaired) electrons. The zero-order chi connectivity index (χ0) is 12.8. The molecular weight excluding hydrogens is 226 g/mol. The van der Waals surface area contributed by atoms with Gasteiger partial charge in [0.2, 0.25) is 0 Å². The van der Waals surface area contributed by atoms with Crippen LogP contribution in [0.25, 0.3) is 0 Å². The monoisotopic (exact) mass is 255 g/mol. The summed E-state index contributed by atoms with van der Waals surface area (Å²) >= 11 is 0. The Hall–Kier alpha value is -0.120. The van der Waals surface area contributed by atoms with Crippen molar-refractivity contribution in [2.24, 2.45) is 5.92 Å². The van der Waals surface area contributed by atoms with E-state index in [0.29, 0.717) is 6.04 Å². The molecule has 3 heteroatoms. The van der Waals surface area contributed by atoms with E-state index in [1.54, 1.807) is 0 Å². The molecule has 1 aliphatic carbocycles. The fourth-order valence-electron chi connectivity index (χ4n) is 3.42. The Morgan fingerprint density at radius 2 is 2.06 bits per heavy atom. The average molecular weight is 255 g/mol.